The van der Waals surface area contributed by atoms with Crippen molar-refractivity contribution in [3.63, 3.8) is 0 Å². The molecule has 2 heteroatoms. The maximum atomic E-state index is 5.70. The Morgan fingerprint density at radius 3 is 2.25 bits per heavy atom. The highest BCUT2D eigenvalue weighted by Gasteiger charge is 2.08. The van der Waals surface area contributed by atoms with E-state index in [9.17, 15) is 0 Å². The van der Waals surface area contributed by atoms with E-state index < -0.39 is 0 Å². The fourth-order valence-corrected chi connectivity index (χ4v) is 1.93. The van der Waals surface area contributed by atoms with Crippen LogP contribution in [0.3, 0.4) is 0 Å². The topological polar surface area (TPSA) is 38.9 Å². The molecule has 0 bridgehead atoms. The molecule has 82 valence electrons. The van der Waals surface area contributed by atoms with Gasteiger partial charge in [0.15, 0.2) is 0 Å². The van der Waals surface area contributed by atoms with Crippen LogP contribution in [-0.4, -0.2) is 4.98 Å². The minimum atomic E-state index is 0.796. The molecule has 0 spiro atoms. The van der Waals surface area contributed by atoms with Gasteiger partial charge in [0.1, 0.15) is 0 Å². The van der Waals surface area contributed by atoms with Gasteiger partial charge in [-0.15, -0.1) is 0 Å². The number of hydrogen-bond acceptors (Lipinski definition) is 2. The minimum absolute atomic E-state index is 0.796. The predicted molar refractivity (Wildman–Crippen MR) is 68.3 cm³/mol. The van der Waals surface area contributed by atoms with Crippen molar-refractivity contribution in [1.29, 1.82) is 0 Å². The zero-order valence-corrected chi connectivity index (χ0v) is 9.91. The average molecular weight is 212 g/mol. The van der Waals surface area contributed by atoms with E-state index in [0.717, 1.165) is 11.4 Å². The van der Waals surface area contributed by atoms with Crippen LogP contribution in [0.5, 0.6) is 0 Å². The van der Waals surface area contributed by atoms with Crippen LogP contribution in [-0.2, 0) is 0 Å². The van der Waals surface area contributed by atoms with Crippen LogP contribution in [0.4, 0.5) is 5.69 Å². The van der Waals surface area contributed by atoms with E-state index in [-0.39, 0.29) is 0 Å². The Balaban J connectivity index is 2.63. The number of hydrogen-bond donors (Lipinski definition) is 1. The fourth-order valence-electron chi connectivity index (χ4n) is 1.93. The number of rotatable bonds is 1. The zero-order valence-electron chi connectivity index (χ0n) is 9.91. The SMILES string of the molecule is Cc1cnc(C)c(C)c1-c1ccc(N)cc1. The number of nitrogens with two attached hydrogens (primary N) is 1. The van der Waals surface area contributed by atoms with Gasteiger partial charge in [0.2, 0.25) is 0 Å². The Morgan fingerprint density at radius 2 is 1.62 bits per heavy atom. The summed E-state index contributed by atoms with van der Waals surface area (Å²) in [5.74, 6) is 0. The summed E-state index contributed by atoms with van der Waals surface area (Å²) in [6.45, 7) is 6.24. The molecule has 2 N–H and O–H groups in total. The molecule has 0 radical (unpaired) electrons. The lowest BCUT2D eigenvalue weighted by atomic mass is 9.96. The van der Waals surface area contributed by atoms with Crippen LogP contribution in [0, 0.1) is 20.8 Å². The molecule has 0 amide bonds. The van der Waals surface area contributed by atoms with Crippen molar-refractivity contribution in [2.45, 2.75) is 20.8 Å². The van der Waals surface area contributed by atoms with Gasteiger partial charge < -0.3 is 5.73 Å². The molecule has 0 aliphatic heterocycles. The van der Waals surface area contributed by atoms with Gasteiger partial charge in [-0.3, -0.25) is 4.98 Å². The monoisotopic (exact) mass is 212 g/mol. The van der Waals surface area contributed by atoms with Crippen molar-refractivity contribution in [2.24, 2.45) is 0 Å². The Bertz CT molecular complexity index is 513. The van der Waals surface area contributed by atoms with Crippen molar-refractivity contribution in [3.05, 3.63) is 47.3 Å². The molecule has 0 aliphatic carbocycles. The minimum Gasteiger partial charge on any atom is -0.399 e. The molecule has 16 heavy (non-hydrogen) atoms. The second-order valence-electron chi connectivity index (χ2n) is 4.15. The summed E-state index contributed by atoms with van der Waals surface area (Å²) in [6, 6.07) is 7.99. The van der Waals surface area contributed by atoms with Crippen LogP contribution >= 0.6 is 0 Å². The third-order valence-corrected chi connectivity index (χ3v) is 2.96. The number of benzene rings is 1. The van der Waals surface area contributed by atoms with Crippen molar-refractivity contribution in [3.8, 4) is 11.1 Å². The lowest BCUT2D eigenvalue weighted by Crippen LogP contribution is -1.95. The maximum absolute atomic E-state index is 5.70. The Morgan fingerprint density at radius 1 is 1.00 bits per heavy atom. The van der Waals surface area contributed by atoms with Gasteiger partial charge in [-0.25, -0.2) is 0 Å². The first kappa shape index (κ1) is 10.7. The third kappa shape index (κ3) is 1.78. The van der Waals surface area contributed by atoms with Crippen molar-refractivity contribution in [1.82, 2.24) is 4.98 Å². The van der Waals surface area contributed by atoms with E-state index in [0.29, 0.717) is 0 Å². The quantitative estimate of drug-likeness (QED) is 0.737. The van der Waals surface area contributed by atoms with E-state index in [4.69, 9.17) is 5.73 Å². The largest absolute Gasteiger partial charge is 0.399 e. The molecular weight excluding hydrogens is 196 g/mol. The molecule has 0 fully saturated rings. The first-order chi connectivity index (χ1) is 7.59. The first-order valence-corrected chi connectivity index (χ1v) is 5.38. The predicted octanol–water partition coefficient (Wildman–Crippen LogP) is 3.26. The molecule has 0 unspecified atom stereocenters. The molecule has 2 nitrogen and oxygen atoms in total. The average Bonchev–Trinajstić information content (AvgIpc) is 2.27. The standard InChI is InChI=1S/C14H16N2/c1-9-8-16-11(3)10(2)14(9)12-4-6-13(15)7-5-12/h4-8H,15H2,1-3H3. The Labute approximate surface area is 96.1 Å². The molecule has 0 saturated carbocycles. The van der Waals surface area contributed by atoms with E-state index >= 15 is 0 Å². The summed E-state index contributed by atoms with van der Waals surface area (Å²) < 4.78 is 0. The molecule has 0 saturated heterocycles. The number of aryl methyl sites for hydroxylation is 2. The number of aromatic nitrogens is 1. The van der Waals surface area contributed by atoms with Crippen LogP contribution in [0.1, 0.15) is 16.8 Å². The zero-order chi connectivity index (χ0) is 11.7. The van der Waals surface area contributed by atoms with Crippen molar-refractivity contribution < 1.29 is 0 Å². The first-order valence-electron chi connectivity index (χ1n) is 5.38. The van der Waals surface area contributed by atoms with Crippen molar-refractivity contribution >= 4 is 5.69 Å². The van der Waals surface area contributed by atoms with Crippen LogP contribution in [0.2, 0.25) is 0 Å². The molecule has 1 aromatic heterocycles. The van der Waals surface area contributed by atoms with Crippen molar-refractivity contribution in [2.75, 3.05) is 5.73 Å². The molecule has 1 aromatic carbocycles. The highest BCUT2D eigenvalue weighted by atomic mass is 14.7. The third-order valence-electron chi connectivity index (χ3n) is 2.96. The van der Waals surface area contributed by atoms with E-state index in [1.54, 1.807) is 0 Å². The van der Waals surface area contributed by atoms with Gasteiger partial charge in [-0.05, 0) is 55.2 Å². The van der Waals surface area contributed by atoms with E-state index in [1.165, 1.54) is 22.3 Å². The van der Waals surface area contributed by atoms with E-state index in [2.05, 4.69) is 31.0 Å². The summed E-state index contributed by atoms with van der Waals surface area (Å²) >= 11 is 0. The highest BCUT2D eigenvalue weighted by Crippen LogP contribution is 2.28. The number of pyridine rings is 1. The summed E-state index contributed by atoms with van der Waals surface area (Å²) in [5, 5.41) is 0. The summed E-state index contributed by atoms with van der Waals surface area (Å²) in [7, 11) is 0. The molecule has 0 aliphatic rings. The summed E-state index contributed by atoms with van der Waals surface area (Å²) in [6.07, 6.45) is 1.92. The summed E-state index contributed by atoms with van der Waals surface area (Å²) in [4.78, 5) is 4.36. The van der Waals surface area contributed by atoms with E-state index in [1.807, 2.05) is 25.3 Å². The summed E-state index contributed by atoms with van der Waals surface area (Å²) in [5.41, 5.74) is 12.5. The van der Waals surface area contributed by atoms with Gasteiger partial charge in [0, 0.05) is 17.6 Å². The number of nitrogen functional groups attached to an aromatic ring is 1. The van der Waals surface area contributed by atoms with Gasteiger partial charge >= 0.3 is 0 Å². The molecule has 0 atom stereocenters. The van der Waals surface area contributed by atoms with Gasteiger partial charge in [-0.2, -0.15) is 0 Å². The molecule has 2 rings (SSSR count). The van der Waals surface area contributed by atoms with Crippen LogP contribution in [0.25, 0.3) is 11.1 Å². The molecular formula is C14H16N2. The highest BCUT2D eigenvalue weighted by molar-refractivity contribution is 5.72. The second kappa shape index (κ2) is 3.97. The van der Waals surface area contributed by atoms with Gasteiger partial charge in [-0.1, -0.05) is 12.1 Å². The maximum Gasteiger partial charge on any atom is 0.0408 e. The smallest absolute Gasteiger partial charge is 0.0408 e. The lowest BCUT2D eigenvalue weighted by molar-refractivity contribution is 1.13. The second-order valence-corrected chi connectivity index (χ2v) is 4.15. The molecule has 2 aromatic rings. The van der Waals surface area contributed by atoms with Gasteiger partial charge in [0.05, 0.1) is 0 Å². The Kier molecular flexibility index (Phi) is 2.65. The Hall–Kier alpha value is -1.83. The lowest BCUT2D eigenvalue weighted by Gasteiger charge is -2.11. The normalized spacial score (nSPS) is 10.4. The number of anilines is 1. The van der Waals surface area contributed by atoms with Crippen LogP contribution in [0.15, 0.2) is 30.5 Å². The van der Waals surface area contributed by atoms with Crippen LogP contribution < -0.4 is 5.73 Å². The fraction of sp³-hybridized carbons (Fsp3) is 0.214. The molecule has 1 heterocycles. The number of nitrogens with zero attached hydrogens (tertiary/aromatic N) is 1. The van der Waals surface area contributed by atoms with Gasteiger partial charge in [0.25, 0.3) is 0 Å².